The molecule has 0 spiro atoms. The molecule has 0 aromatic heterocycles. The molecule has 4 unspecified atom stereocenters. The Labute approximate surface area is 373 Å². The standard InChI is InChI=1S/C16H22F11NO4S.C11H12ClF11O2S.C5H11NO2/c1-4-28(9-11(29)32-3)33(30,31)6-5-10(7-12(2,17)14(19,20)21)8-13(18,15(22,23)24)16(25,26)27;1-7(13,9(15,16)17)4-6(2-3-26(12,24)25)5-8(14,10(18,19)20)11(21,22)23;1-3-6-4-5(7)8-2/h10H,4-9H2,1-3H3;6H,2-5H2,1H3;6H,3-4H2,1-2H3. The molecule has 0 aromatic carbocycles. The molecule has 0 saturated heterocycles. The SMILES string of the molecule is CC(F)(CC(CCS(=O)(=O)Cl)CC(F)(C(F)(F)F)C(F)(F)F)C(F)(F)F.CCN(CC(=O)OC)S(=O)(=O)CCC(CC(C)(F)C(F)(F)F)CC(F)(C(F)(F)F)C(F)(F)F.CCNCC(=O)OC. The van der Waals surface area contributed by atoms with E-state index in [-0.39, 0.29) is 19.8 Å². The minimum Gasteiger partial charge on any atom is -0.468 e. The molecule has 0 aromatic rings. The van der Waals surface area contributed by atoms with Gasteiger partial charge in [0.2, 0.25) is 30.4 Å². The van der Waals surface area contributed by atoms with E-state index < -0.39 is 160 Å². The Bertz CT molecular complexity index is 1720. The van der Waals surface area contributed by atoms with Gasteiger partial charge in [-0.1, -0.05) is 13.8 Å². The number of sulfonamides is 1. The lowest BCUT2D eigenvalue weighted by Gasteiger charge is -2.35. The van der Waals surface area contributed by atoms with Gasteiger partial charge in [-0.05, 0) is 57.9 Å². The van der Waals surface area contributed by atoms with Gasteiger partial charge in [0.05, 0.1) is 32.3 Å². The lowest BCUT2D eigenvalue weighted by molar-refractivity contribution is -0.347. The number of hydrogen-bond donors (Lipinski definition) is 1. The van der Waals surface area contributed by atoms with E-state index in [1.807, 2.05) is 6.92 Å². The number of esters is 2. The Morgan fingerprint density at radius 2 is 0.851 bits per heavy atom. The summed E-state index contributed by atoms with van der Waals surface area (Å²) < 4.78 is 339. The Balaban J connectivity index is -0.00000107. The molecular formula is C32H45ClF22N2O8S2. The monoisotopic (exact) mass is 1100 g/mol. The van der Waals surface area contributed by atoms with Gasteiger partial charge < -0.3 is 14.8 Å². The first-order chi connectivity index (χ1) is 29.3. The molecule has 0 amide bonds. The average molecular weight is 1100 g/mol. The van der Waals surface area contributed by atoms with E-state index in [9.17, 15) is 123 Å². The topological polar surface area (TPSA) is 136 Å². The quantitative estimate of drug-likeness (QED) is 0.0677. The van der Waals surface area contributed by atoms with Gasteiger partial charge in [-0.15, -0.1) is 0 Å². The summed E-state index contributed by atoms with van der Waals surface area (Å²) in [6.45, 7) is 2.55. The number of methoxy groups -OCH3 is 2. The predicted molar refractivity (Wildman–Crippen MR) is 191 cm³/mol. The maximum atomic E-state index is 14.1. The van der Waals surface area contributed by atoms with Crippen LogP contribution in [-0.2, 0) is 38.1 Å². The zero-order valence-electron chi connectivity index (χ0n) is 35.4. The highest BCUT2D eigenvalue weighted by Gasteiger charge is 2.74. The third kappa shape index (κ3) is 22.4. The van der Waals surface area contributed by atoms with Crippen molar-refractivity contribution in [1.29, 1.82) is 0 Å². The van der Waals surface area contributed by atoms with Crippen LogP contribution in [0.15, 0.2) is 0 Å². The van der Waals surface area contributed by atoms with Crippen molar-refractivity contribution in [3.8, 4) is 0 Å². The zero-order chi connectivity index (χ0) is 54.5. The Morgan fingerprint density at radius 3 is 1.09 bits per heavy atom. The summed E-state index contributed by atoms with van der Waals surface area (Å²) in [5, 5.41) is 2.82. The van der Waals surface area contributed by atoms with Gasteiger partial charge >= 0.3 is 49.0 Å². The molecule has 0 aliphatic rings. The molecule has 4 atom stereocenters. The number of ether oxygens (including phenoxy) is 2. The normalized spacial score (nSPS) is 16.6. The van der Waals surface area contributed by atoms with Gasteiger partial charge in [0.15, 0.2) is 0 Å². The smallest absolute Gasteiger partial charge is 0.431 e. The molecule has 0 aliphatic carbocycles. The summed E-state index contributed by atoms with van der Waals surface area (Å²) in [5.41, 5.74) is -20.6. The van der Waals surface area contributed by atoms with Crippen LogP contribution < -0.4 is 5.32 Å². The molecule has 1 N–H and O–H groups in total. The Morgan fingerprint density at radius 1 is 0.537 bits per heavy atom. The van der Waals surface area contributed by atoms with E-state index in [0.717, 1.165) is 13.7 Å². The highest BCUT2D eigenvalue weighted by molar-refractivity contribution is 8.13. The van der Waals surface area contributed by atoms with Gasteiger partial charge in [-0.25, -0.2) is 34.4 Å². The number of hydrogen-bond acceptors (Lipinski definition) is 9. The van der Waals surface area contributed by atoms with Crippen molar-refractivity contribution in [1.82, 2.24) is 9.62 Å². The molecule has 0 radical (unpaired) electrons. The van der Waals surface area contributed by atoms with Gasteiger partial charge in [0.25, 0.3) is 11.3 Å². The fourth-order valence-corrected chi connectivity index (χ4v) is 7.58. The number of halogens is 23. The minimum absolute atomic E-state index is 0.170. The van der Waals surface area contributed by atoms with Crippen LogP contribution in [0.3, 0.4) is 0 Å². The first-order valence-electron chi connectivity index (χ1n) is 18.2. The molecule has 0 bridgehead atoms. The molecule has 35 heteroatoms. The molecule has 0 fully saturated rings. The molecule has 0 heterocycles. The van der Waals surface area contributed by atoms with Crippen LogP contribution in [0, 0.1) is 11.8 Å². The number of nitrogens with zero attached hydrogens (tertiary/aromatic N) is 1. The molecule has 0 aliphatic heterocycles. The van der Waals surface area contributed by atoms with Crippen molar-refractivity contribution in [3.05, 3.63) is 0 Å². The average Bonchev–Trinajstić information content (AvgIpc) is 3.10. The maximum Gasteiger partial charge on any atom is 0.431 e. The van der Waals surface area contributed by atoms with E-state index >= 15 is 0 Å². The summed E-state index contributed by atoms with van der Waals surface area (Å²) in [5.74, 6) is -9.33. The summed E-state index contributed by atoms with van der Waals surface area (Å²) >= 11 is 0. The number of carbonyl (C=O) groups is 2. The van der Waals surface area contributed by atoms with Gasteiger partial charge in [0, 0.05) is 30.1 Å². The van der Waals surface area contributed by atoms with Crippen LogP contribution in [0.5, 0.6) is 0 Å². The summed E-state index contributed by atoms with van der Waals surface area (Å²) in [7, 11) is -2.24. The fourth-order valence-electron chi connectivity index (χ4n) is 5.11. The van der Waals surface area contributed by atoms with Crippen molar-refractivity contribution >= 4 is 41.7 Å². The number of likely N-dealkylation sites (N-methyl/N-ethyl adjacent to an activating group) is 2. The summed E-state index contributed by atoms with van der Waals surface area (Å²) in [4.78, 5) is 21.6. The third-order valence-corrected chi connectivity index (χ3v) is 12.2. The highest BCUT2D eigenvalue weighted by atomic mass is 35.7. The molecule has 10 nitrogen and oxygen atoms in total. The summed E-state index contributed by atoms with van der Waals surface area (Å²) in [6, 6.07) is 0. The van der Waals surface area contributed by atoms with Crippen LogP contribution in [0.4, 0.5) is 96.6 Å². The van der Waals surface area contributed by atoms with E-state index in [4.69, 9.17) is 10.7 Å². The van der Waals surface area contributed by atoms with Crippen LogP contribution >= 0.6 is 10.7 Å². The lowest BCUT2D eigenvalue weighted by Crippen LogP contribution is -2.55. The van der Waals surface area contributed by atoms with Crippen molar-refractivity contribution in [3.63, 3.8) is 0 Å². The fraction of sp³-hybridized carbons (Fsp3) is 0.938. The van der Waals surface area contributed by atoms with E-state index in [1.54, 1.807) is 0 Å². The molecular weight excluding hydrogens is 1060 g/mol. The number of rotatable bonds is 21. The first-order valence-corrected chi connectivity index (χ1v) is 22.3. The Kier molecular flexibility index (Phi) is 25.7. The van der Waals surface area contributed by atoms with Crippen molar-refractivity contribution < 1.29 is 132 Å². The van der Waals surface area contributed by atoms with Crippen molar-refractivity contribution in [2.24, 2.45) is 11.8 Å². The van der Waals surface area contributed by atoms with Crippen LogP contribution in [0.2, 0.25) is 0 Å². The van der Waals surface area contributed by atoms with Gasteiger partial charge in [0.1, 0.15) is 6.54 Å². The van der Waals surface area contributed by atoms with Gasteiger partial charge in [-0.3, -0.25) is 9.59 Å². The second kappa shape index (κ2) is 25.1. The highest BCUT2D eigenvalue weighted by Crippen LogP contribution is 2.53. The van der Waals surface area contributed by atoms with Crippen LogP contribution in [0.1, 0.15) is 66.2 Å². The first kappa shape index (κ1) is 68.8. The Hall–Kier alpha value is -2.49. The van der Waals surface area contributed by atoms with E-state index in [2.05, 4.69) is 14.8 Å². The predicted octanol–water partition coefficient (Wildman–Crippen LogP) is 9.95. The molecule has 404 valence electrons. The third-order valence-electron chi connectivity index (χ3n) is 9.04. The second-order valence-corrected chi connectivity index (χ2v) is 19.5. The van der Waals surface area contributed by atoms with Crippen LogP contribution in [-0.4, -0.2) is 145 Å². The van der Waals surface area contributed by atoms with Crippen LogP contribution in [0.25, 0.3) is 0 Å². The maximum absolute atomic E-state index is 14.1. The van der Waals surface area contributed by atoms with E-state index in [0.29, 0.717) is 10.8 Å². The largest absolute Gasteiger partial charge is 0.468 e. The molecule has 0 saturated carbocycles. The second-order valence-electron chi connectivity index (χ2n) is 14.5. The van der Waals surface area contributed by atoms with Crippen molar-refractivity contribution in [2.75, 3.05) is 51.9 Å². The minimum atomic E-state index is -6.63. The van der Waals surface area contributed by atoms with Gasteiger partial charge in [-0.2, -0.15) is 83.3 Å². The number of alkyl halides is 22. The lowest BCUT2D eigenvalue weighted by atomic mass is 9.82. The van der Waals surface area contributed by atoms with E-state index in [1.165, 1.54) is 14.0 Å². The zero-order valence-corrected chi connectivity index (χ0v) is 37.8. The number of nitrogens with one attached hydrogen (secondary N) is 1. The van der Waals surface area contributed by atoms with Crippen molar-refractivity contribution in [2.45, 2.75) is 126 Å². The number of carbonyl (C=O) groups excluding carboxylic acids is 2. The molecule has 67 heavy (non-hydrogen) atoms. The molecule has 0 rings (SSSR count). The summed E-state index contributed by atoms with van der Waals surface area (Å²) in [6.07, 6.45) is -50.1.